The number of aliphatic hydroxyl groups is 4. The van der Waals surface area contributed by atoms with Crippen LogP contribution in [-0.4, -0.2) is 68.9 Å². The largest absolute Gasteiger partial charge is 0.395 e. The zero-order valence-electron chi connectivity index (χ0n) is 9.95. The molecule has 4 atom stereocenters. The Hall–Kier alpha value is -0.200. The molecule has 1 fully saturated rings. The van der Waals surface area contributed by atoms with Gasteiger partial charge < -0.3 is 20.4 Å². The first kappa shape index (κ1) is 13.9. The molecule has 0 amide bonds. The van der Waals surface area contributed by atoms with E-state index in [4.69, 9.17) is 0 Å². The molecule has 1 saturated heterocycles. The predicted molar refractivity (Wildman–Crippen MR) is 60.0 cm³/mol. The van der Waals surface area contributed by atoms with Crippen LogP contribution < -0.4 is 0 Å². The zero-order valence-corrected chi connectivity index (χ0v) is 9.95. The third kappa shape index (κ3) is 2.55. The van der Waals surface area contributed by atoms with Crippen LogP contribution in [0.15, 0.2) is 0 Å². The van der Waals surface area contributed by atoms with Crippen molar-refractivity contribution in [3.63, 3.8) is 0 Å². The Morgan fingerprint density at radius 3 is 2.12 bits per heavy atom. The molecule has 1 rings (SSSR count). The second-order valence-corrected chi connectivity index (χ2v) is 4.47. The van der Waals surface area contributed by atoms with Crippen molar-refractivity contribution in [2.24, 2.45) is 0 Å². The summed E-state index contributed by atoms with van der Waals surface area (Å²) in [7, 11) is 0. The van der Waals surface area contributed by atoms with Gasteiger partial charge in [-0.15, -0.1) is 0 Å². The fourth-order valence-electron chi connectivity index (χ4n) is 2.50. The van der Waals surface area contributed by atoms with Crippen LogP contribution >= 0.6 is 0 Å². The lowest BCUT2D eigenvalue weighted by Crippen LogP contribution is -2.64. The second kappa shape index (κ2) is 5.93. The molecule has 16 heavy (non-hydrogen) atoms. The van der Waals surface area contributed by atoms with Crippen molar-refractivity contribution in [1.29, 1.82) is 0 Å². The summed E-state index contributed by atoms with van der Waals surface area (Å²) in [5, 5.41) is 38.3. The molecule has 1 heterocycles. The molecule has 4 N–H and O–H groups in total. The summed E-state index contributed by atoms with van der Waals surface area (Å²) in [4.78, 5) is 1.90. The van der Waals surface area contributed by atoms with E-state index in [1.54, 1.807) is 0 Å². The average Bonchev–Trinajstić information content (AvgIpc) is 2.28. The Morgan fingerprint density at radius 2 is 1.69 bits per heavy atom. The first-order valence-corrected chi connectivity index (χ1v) is 5.97. The summed E-state index contributed by atoms with van der Waals surface area (Å²) < 4.78 is 0. The molecule has 0 saturated carbocycles. The number of likely N-dealkylation sites (tertiary alicyclic amines) is 1. The highest BCUT2D eigenvalue weighted by Crippen LogP contribution is 2.23. The van der Waals surface area contributed by atoms with E-state index in [0.29, 0.717) is 6.54 Å². The van der Waals surface area contributed by atoms with Crippen molar-refractivity contribution < 1.29 is 20.4 Å². The molecule has 1 aliphatic heterocycles. The van der Waals surface area contributed by atoms with E-state index >= 15 is 0 Å². The molecule has 0 aliphatic carbocycles. The maximum absolute atomic E-state index is 9.81. The van der Waals surface area contributed by atoms with Crippen LogP contribution in [-0.2, 0) is 0 Å². The number of β-amino-alcohol motifs (C(OH)–C–C–N with tert-alkyl or cyclic N) is 1. The van der Waals surface area contributed by atoms with E-state index in [1.807, 2.05) is 18.7 Å². The summed E-state index contributed by atoms with van der Waals surface area (Å²) >= 11 is 0. The van der Waals surface area contributed by atoms with E-state index < -0.39 is 24.4 Å². The number of piperidine rings is 1. The predicted octanol–water partition coefficient (Wildman–Crippen LogP) is -1.07. The van der Waals surface area contributed by atoms with Gasteiger partial charge in [-0.3, -0.25) is 4.90 Å². The molecule has 1 aliphatic rings. The smallest absolute Gasteiger partial charge is 0.109 e. The van der Waals surface area contributed by atoms with Gasteiger partial charge in [0.15, 0.2) is 0 Å². The minimum Gasteiger partial charge on any atom is -0.395 e. The van der Waals surface area contributed by atoms with Gasteiger partial charge in [-0.1, -0.05) is 13.8 Å². The molecule has 0 radical (unpaired) electrons. The number of rotatable bonds is 4. The lowest BCUT2D eigenvalue weighted by molar-refractivity contribution is -0.154. The molecule has 0 aromatic carbocycles. The van der Waals surface area contributed by atoms with E-state index in [2.05, 4.69) is 0 Å². The highest BCUT2D eigenvalue weighted by Gasteiger charge is 2.42. The lowest BCUT2D eigenvalue weighted by atomic mass is 9.91. The first-order valence-electron chi connectivity index (χ1n) is 5.97. The van der Waals surface area contributed by atoms with Crippen LogP contribution in [0.5, 0.6) is 0 Å². The minimum atomic E-state index is -1.16. The molecule has 4 unspecified atom stereocenters. The third-order valence-corrected chi connectivity index (χ3v) is 3.56. The van der Waals surface area contributed by atoms with Gasteiger partial charge in [0, 0.05) is 12.6 Å². The number of aliphatic hydroxyl groups excluding tert-OH is 4. The summed E-state index contributed by atoms with van der Waals surface area (Å²) in [5.41, 5.74) is 0. The van der Waals surface area contributed by atoms with Crippen LogP contribution in [0.2, 0.25) is 0 Å². The topological polar surface area (TPSA) is 84.2 Å². The van der Waals surface area contributed by atoms with Crippen LogP contribution in [0.3, 0.4) is 0 Å². The highest BCUT2D eigenvalue weighted by molar-refractivity contribution is 4.96. The van der Waals surface area contributed by atoms with Gasteiger partial charge in [-0.25, -0.2) is 0 Å². The van der Waals surface area contributed by atoms with Crippen LogP contribution in [0.4, 0.5) is 0 Å². The summed E-state index contributed by atoms with van der Waals surface area (Å²) in [6, 6.07) is -0.266. The Kier molecular flexibility index (Phi) is 5.14. The summed E-state index contributed by atoms with van der Waals surface area (Å²) in [6.07, 6.45) is -1.42. The Bertz CT molecular complexity index is 210. The van der Waals surface area contributed by atoms with Crippen LogP contribution in [0.25, 0.3) is 0 Å². The van der Waals surface area contributed by atoms with Crippen molar-refractivity contribution in [2.75, 3.05) is 13.2 Å². The van der Waals surface area contributed by atoms with Crippen molar-refractivity contribution in [1.82, 2.24) is 4.90 Å². The zero-order chi connectivity index (χ0) is 12.3. The number of nitrogens with zero attached hydrogens (tertiary/aromatic N) is 1. The normalized spacial score (nSPS) is 36.9. The van der Waals surface area contributed by atoms with E-state index in [1.165, 1.54) is 0 Å². The summed E-state index contributed by atoms with van der Waals surface area (Å²) in [6.45, 7) is 4.16. The van der Waals surface area contributed by atoms with E-state index in [0.717, 1.165) is 12.8 Å². The molecular weight excluding hydrogens is 210 g/mol. The maximum atomic E-state index is 9.81. The van der Waals surface area contributed by atoms with Gasteiger partial charge in [0.1, 0.15) is 12.2 Å². The van der Waals surface area contributed by atoms with E-state index in [9.17, 15) is 20.4 Å². The van der Waals surface area contributed by atoms with E-state index in [-0.39, 0.29) is 12.6 Å². The molecule has 0 spiro atoms. The van der Waals surface area contributed by atoms with Gasteiger partial charge in [0.25, 0.3) is 0 Å². The fourth-order valence-corrected chi connectivity index (χ4v) is 2.50. The Balaban J connectivity index is 2.81. The van der Waals surface area contributed by atoms with Gasteiger partial charge in [0.2, 0.25) is 0 Å². The lowest BCUT2D eigenvalue weighted by Gasteiger charge is -2.46. The van der Waals surface area contributed by atoms with Crippen LogP contribution in [0, 0.1) is 0 Å². The Morgan fingerprint density at radius 1 is 1.12 bits per heavy atom. The molecular formula is C11H23NO4. The van der Waals surface area contributed by atoms with Crippen LogP contribution in [0.1, 0.15) is 26.7 Å². The molecule has 0 aromatic heterocycles. The molecule has 96 valence electrons. The maximum Gasteiger partial charge on any atom is 0.109 e. The number of hydrogen-bond donors (Lipinski definition) is 4. The van der Waals surface area contributed by atoms with Crippen molar-refractivity contribution >= 4 is 0 Å². The standard InChI is InChI=1S/C11H23NO4/c1-3-7(4-2)12-5-9(14)11(16)10(15)8(12)6-13/h7-11,13-16H,3-6H2,1-2H3. The Labute approximate surface area is 96.3 Å². The average molecular weight is 233 g/mol. The first-order chi connectivity index (χ1) is 7.56. The quantitative estimate of drug-likeness (QED) is 0.497. The van der Waals surface area contributed by atoms with Gasteiger partial charge in [0.05, 0.1) is 18.8 Å². The third-order valence-electron chi connectivity index (χ3n) is 3.56. The molecule has 5 heteroatoms. The van der Waals surface area contributed by atoms with Crippen molar-refractivity contribution in [3.8, 4) is 0 Å². The highest BCUT2D eigenvalue weighted by atomic mass is 16.4. The fraction of sp³-hybridized carbons (Fsp3) is 1.00. The van der Waals surface area contributed by atoms with Gasteiger partial charge in [-0.2, -0.15) is 0 Å². The monoisotopic (exact) mass is 233 g/mol. The minimum absolute atomic E-state index is 0.207. The molecule has 0 aromatic rings. The van der Waals surface area contributed by atoms with Crippen molar-refractivity contribution in [3.05, 3.63) is 0 Å². The second-order valence-electron chi connectivity index (χ2n) is 4.47. The summed E-state index contributed by atoms with van der Waals surface area (Å²) in [5.74, 6) is 0. The molecule has 5 nitrogen and oxygen atoms in total. The number of hydrogen-bond acceptors (Lipinski definition) is 5. The van der Waals surface area contributed by atoms with Gasteiger partial charge in [-0.05, 0) is 12.8 Å². The van der Waals surface area contributed by atoms with Crippen molar-refractivity contribution in [2.45, 2.75) is 57.1 Å². The molecule has 0 bridgehead atoms. The van der Waals surface area contributed by atoms with Gasteiger partial charge >= 0.3 is 0 Å². The SMILES string of the molecule is CCC(CC)N1CC(O)C(O)C(O)C1CO.